The van der Waals surface area contributed by atoms with E-state index in [0.29, 0.717) is 11.5 Å². The second kappa shape index (κ2) is 6.39. The first kappa shape index (κ1) is 14.3. The van der Waals surface area contributed by atoms with E-state index in [0.717, 1.165) is 11.3 Å². The fraction of sp³-hybridized carbons (Fsp3) is 0.133. The largest absolute Gasteiger partial charge is 0.497 e. The number of oxazole rings is 1. The number of anilines is 1. The number of allylic oxidation sites excluding steroid dienone is 1. The van der Waals surface area contributed by atoms with Crippen LogP contribution in [0.1, 0.15) is 24.1 Å². The van der Waals surface area contributed by atoms with Crippen LogP contribution >= 0.6 is 0 Å². The molecule has 2 aromatic rings. The number of nitrogens with one attached hydrogen (secondary N) is 1. The lowest BCUT2D eigenvalue weighted by molar-refractivity contribution is 0.415. The molecule has 0 amide bonds. The number of nitrogens with zero attached hydrogens (tertiary/aromatic N) is 3. The minimum Gasteiger partial charge on any atom is -0.497 e. The summed E-state index contributed by atoms with van der Waals surface area (Å²) in [4.78, 5) is 4.00. The molecule has 0 bridgehead atoms. The van der Waals surface area contributed by atoms with E-state index in [4.69, 9.17) is 14.4 Å². The lowest BCUT2D eigenvalue weighted by Gasteiger charge is -1.99. The number of methoxy groups -OCH3 is 1. The smallest absolute Gasteiger partial charge is 0.252 e. The monoisotopic (exact) mass is 282 g/mol. The number of hydrogen-bond donors (Lipinski definition) is 1. The van der Waals surface area contributed by atoms with Crippen LogP contribution in [0.2, 0.25) is 0 Å². The van der Waals surface area contributed by atoms with Crippen LogP contribution in [0.15, 0.2) is 40.4 Å². The normalized spacial score (nSPS) is 10.3. The van der Waals surface area contributed by atoms with Gasteiger partial charge in [-0.15, -0.1) is 0 Å². The van der Waals surface area contributed by atoms with Gasteiger partial charge in [-0.3, -0.25) is 0 Å². The first-order valence-corrected chi connectivity index (χ1v) is 6.14. The maximum absolute atomic E-state index is 8.99. The highest BCUT2D eigenvalue weighted by Crippen LogP contribution is 2.20. The Morgan fingerprint density at radius 2 is 2.38 bits per heavy atom. The highest BCUT2D eigenvalue weighted by molar-refractivity contribution is 5.80. The Kier molecular flexibility index (Phi) is 4.36. The minimum atomic E-state index is 0.135. The van der Waals surface area contributed by atoms with Gasteiger partial charge in [0.2, 0.25) is 11.6 Å². The Morgan fingerprint density at radius 3 is 3.05 bits per heavy atom. The van der Waals surface area contributed by atoms with Crippen molar-refractivity contribution in [3.63, 3.8) is 0 Å². The van der Waals surface area contributed by atoms with Crippen molar-refractivity contribution >= 4 is 17.7 Å². The molecule has 0 atom stereocenters. The molecule has 2 rings (SSSR count). The summed E-state index contributed by atoms with van der Waals surface area (Å²) in [5.74, 6) is 1.24. The summed E-state index contributed by atoms with van der Waals surface area (Å²) in [7, 11) is 1.60. The number of nitriles is 1. The lowest BCUT2D eigenvalue weighted by Crippen LogP contribution is -1.92. The van der Waals surface area contributed by atoms with Crippen LogP contribution in [0, 0.1) is 11.3 Å². The van der Waals surface area contributed by atoms with E-state index < -0.39 is 0 Å². The molecule has 0 aliphatic rings. The molecular formula is C15H14N4O2. The standard InChI is InChI=1S/C15H14N4O2/c1-10(2)14-18-13(8-16)15(21-14)19-17-9-11-5-4-6-12(7-11)20-3/h4-7,9,19H,1H2,2-3H3/b17-9-. The topological polar surface area (TPSA) is 83.4 Å². The van der Waals surface area contributed by atoms with Gasteiger partial charge in [-0.05, 0) is 24.6 Å². The number of aromatic nitrogens is 1. The van der Waals surface area contributed by atoms with Gasteiger partial charge in [0.05, 0.1) is 13.3 Å². The van der Waals surface area contributed by atoms with Gasteiger partial charge in [0.1, 0.15) is 11.8 Å². The summed E-state index contributed by atoms with van der Waals surface area (Å²) >= 11 is 0. The Bertz CT molecular complexity index is 726. The summed E-state index contributed by atoms with van der Waals surface area (Å²) in [6.45, 7) is 5.46. The highest BCUT2D eigenvalue weighted by Gasteiger charge is 2.12. The van der Waals surface area contributed by atoms with Crippen molar-refractivity contribution < 1.29 is 9.15 Å². The van der Waals surface area contributed by atoms with Gasteiger partial charge in [0.25, 0.3) is 5.88 Å². The van der Waals surface area contributed by atoms with Crippen LogP contribution in [-0.4, -0.2) is 18.3 Å². The zero-order chi connectivity index (χ0) is 15.2. The fourth-order valence-electron chi connectivity index (χ4n) is 1.54. The molecule has 0 unspecified atom stereocenters. The van der Waals surface area contributed by atoms with Crippen LogP contribution in [0.3, 0.4) is 0 Å². The van der Waals surface area contributed by atoms with Crippen LogP contribution < -0.4 is 10.2 Å². The molecule has 21 heavy (non-hydrogen) atoms. The first-order chi connectivity index (χ1) is 10.1. The lowest BCUT2D eigenvalue weighted by atomic mass is 10.2. The number of ether oxygens (including phenoxy) is 1. The molecular weight excluding hydrogens is 268 g/mol. The molecule has 0 aliphatic carbocycles. The van der Waals surface area contributed by atoms with E-state index in [2.05, 4.69) is 22.1 Å². The summed E-state index contributed by atoms with van der Waals surface area (Å²) < 4.78 is 10.5. The van der Waals surface area contributed by atoms with Crippen LogP contribution in [0.5, 0.6) is 5.75 Å². The van der Waals surface area contributed by atoms with Crippen LogP contribution in [0.4, 0.5) is 5.88 Å². The number of benzene rings is 1. The van der Waals surface area contributed by atoms with Crippen molar-refractivity contribution in [2.45, 2.75) is 6.92 Å². The van der Waals surface area contributed by atoms with Crippen LogP contribution in [0.25, 0.3) is 5.57 Å². The number of hydrogen-bond acceptors (Lipinski definition) is 6. The van der Waals surface area contributed by atoms with Crippen molar-refractivity contribution in [1.82, 2.24) is 4.98 Å². The second-order valence-corrected chi connectivity index (χ2v) is 4.24. The van der Waals surface area contributed by atoms with E-state index in [1.165, 1.54) is 0 Å². The third kappa shape index (κ3) is 3.48. The zero-order valence-electron chi connectivity index (χ0n) is 11.8. The SMILES string of the molecule is C=C(C)c1nc(C#N)c(N/N=C\c2cccc(OC)c2)o1. The highest BCUT2D eigenvalue weighted by atomic mass is 16.5. The first-order valence-electron chi connectivity index (χ1n) is 6.14. The molecule has 0 fully saturated rings. The van der Waals surface area contributed by atoms with Gasteiger partial charge in [-0.1, -0.05) is 18.7 Å². The molecule has 6 nitrogen and oxygen atoms in total. The molecule has 0 saturated carbocycles. The predicted molar refractivity (Wildman–Crippen MR) is 80.1 cm³/mol. The summed E-state index contributed by atoms with van der Waals surface area (Å²) in [6.07, 6.45) is 1.59. The van der Waals surface area contributed by atoms with E-state index in [1.54, 1.807) is 20.2 Å². The van der Waals surface area contributed by atoms with Gasteiger partial charge in [-0.25, -0.2) is 5.43 Å². The third-order valence-electron chi connectivity index (χ3n) is 2.57. The molecule has 1 heterocycles. The molecule has 1 aromatic carbocycles. The predicted octanol–water partition coefficient (Wildman–Crippen LogP) is 3.03. The fourth-order valence-corrected chi connectivity index (χ4v) is 1.54. The Balaban J connectivity index is 2.13. The minimum absolute atomic E-state index is 0.135. The average Bonchev–Trinajstić information content (AvgIpc) is 2.91. The van der Waals surface area contributed by atoms with Crippen molar-refractivity contribution in [3.05, 3.63) is 48.0 Å². The number of hydrazone groups is 1. The molecule has 0 spiro atoms. The van der Waals surface area contributed by atoms with E-state index >= 15 is 0 Å². The van der Waals surface area contributed by atoms with Gasteiger partial charge in [0.15, 0.2) is 0 Å². The van der Waals surface area contributed by atoms with Gasteiger partial charge in [0, 0.05) is 5.57 Å². The molecule has 0 saturated heterocycles. The molecule has 1 N–H and O–H groups in total. The Labute approximate surface area is 122 Å². The summed E-state index contributed by atoms with van der Waals surface area (Å²) in [6, 6.07) is 9.34. The van der Waals surface area contributed by atoms with Crippen molar-refractivity contribution in [3.8, 4) is 11.8 Å². The Morgan fingerprint density at radius 1 is 1.57 bits per heavy atom. The quantitative estimate of drug-likeness (QED) is 0.673. The molecule has 1 aromatic heterocycles. The van der Waals surface area contributed by atoms with Crippen molar-refractivity contribution in [2.75, 3.05) is 12.5 Å². The number of rotatable bonds is 5. The summed E-state index contributed by atoms with van der Waals surface area (Å²) in [5.41, 5.74) is 4.28. The van der Waals surface area contributed by atoms with Crippen molar-refractivity contribution in [1.29, 1.82) is 5.26 Å². The second-order valence-electron chi connectivity index (χ2n) is 4.24. The molecule has 0 aliphatic heterocycles. The Hall–Kier alpha value is -3.07. The van der Waals surface area contributed by atoms with Crippen molar-refractivity contribution in [2.24, 2.45) is 5.10 Å². The molecule has 6 heteroatoms. The van der Waals surface area contributed by atoms with Crippen LogP contribution in [-0.2, 0) is 0 Å². The maximum atomic E-state index is 8.99. The maximum Gasteiger partial charge on any atom is 0.252 e. The van der Waals surface area contributed by atoms with Gasteiger partial charge >= 0.3 is 0 Å². The molecule has 0 radical (unpaired) electrons. The van der Waals surface area contributed by atoms with E-state index in [1.807, 2.05) is 30.3 Å². The zero-order valence-corrected chi connectivity index (χ0v) is 11.8. The van der Waals surface area contributed by atoms with E-state index in [-0.39, 0.29) is 11.6 Å². The van der Waals surface area contributed by atoms with Gasteiger partial charge < -0.3 is 9.15 Å². The van der Waals surface area contributed by atoms with Gasteiger partial charge in [-0.2, -0.15) is 15.3 Å². The molecule has 106 valence electrons. The van der Waals surface area contributed by atoms with E-state index in [9.17, 15) is 0 Å². The summed E-state index contributed by atoms with van der Waals surface area (Å²) in [5, 5.41) is 13.0. The third-order valence-corrected chi connectivity index (χ3v) is 2.57. The average molecular weight is 282 g/mol.